The average Bonchev–Trinajstić information content (AvgIpc) is 2.59. The molecule has 112 valence electrons. The van der Waals surface area contributed by atoms with Crippen LogP contribution in [-0.4, -0.2) is 6.61 Å². The van der Waals surface area contributed by atoms with E-state index >= 15 is 0 Å². The number of rotatable bonds is 6. The summed E-state index contributed by atoms with van der Waals surface area (Å²) in [5, 5.41) is 2.38. The second kappa shape index (κ2) is 7.33. The van der Waals surface area contributed by atoms with Crippen LogP contribution < -0.4 is 4.74 Å². The summed E-state index contributed by atoms with van der Waals surface area (Å²) >= 11 is 6.06. The van der Waals surface area contributed by atoms with Crippen molar-refractivity contribution in [3.63, 3.8) is 0 Å². The lowest BCUT2D eigenvalue weighted by Crippen LogP contribution is -2.00. The third-order valence-corrected chi connectivity index (χ3v) is 4.07. The summed E-state index contributed by atoms with van der Waals surface area (Å²) in [5.41, 5.74) is 2.48. The molecule has 0 aliphatic rings. The first kappa shape index (κ1) is 14.9. The van der Waals surface area contributed by atoms with Crippen molar-refractivity contribution in [3.8, 4) is 5.75 Å². The Balaban J connectivity index is 1.64. The standard InChI is InChI=1S/C20H19ClO/c21-15-18-14-19(13-17-10-4-5-11-20(17)18)22-12-6-9-16-7-2-1-3-8-16/h1-5,7-8,10-11,13-14H,6,9,12,15H2. The molecule has 3 aromatic carbocycles. The molecule has 2 heteroatoms. The summed E-state index contributed by atoms with van der Waals surface area (Å²) in [7, 11) is 0. The zero-order valence-corrected chi connectivity index (χ0v) is 13.2. The first-order chi connectivity index (χ1) is 10.9. The molecule has 0 unspecified atom stereocenters. The molecule has 0 saturated carbocycles. The molecule has 0 aromatic heterocycles. The van der Waals surface area contributed by atoms with E-state index in [-0.39, 0.29) is 0 Å². The van der Waals surface area contributed by atoms with Crippen molar-refractivity contribution in [2.75, 3.05) is 6.61 Å². The zero-order chi connectivity index (χ0) is 15.2. The van der Waals surface area contributed by atoms with E-state index in [1.165, 1.54) is 16.3 Å². The SMILES string of the molecule is ClCc1cc(OCCCc2ccccc2)cc2ccccc12. The largest absolute Gasteiger partial charge is 0.494 e. The molecule has 0 bridgehead atoms. The molecule has 3 rings (SSSR count). The Morgan fingerprint density at radius 1 is 0.864 bits per heavy atom. The van der Waals surface area contributed by atoms with Gasteiger partial charge >= 0.3 is 0 Å². The summed E-state index contributed by atoms with van der Waals surface area (Å²) in [6.45, 7) is 0.717. The number of hydrogen-bond acceptors (Lipinski definition) is 1. The molecule has 0 aliphatic heterocycles. The Labute approximate surface area is 136 Å². The zero-order valence-electron chi connectivity index (χ0n) is 12.5. The van der Waals surface area contributed by atoms with Gasteiger partial charge in [-0.15, -0.1) is 11.6 Å². The molecule has 1 nitrogen and oxygen atoms in total. The molecular formula is C20H19ClO. The summed E-state index contributed by atoms with van der Waals surface area (Å²) in [5.74, 6) is 1.41. The van der Waals surface area contributed by atoms with Gasteiger partial charge in [0.2, 0.25) is 0 Å². The lowest BCUT2D eigenvalue weighted by atomic mass is 10.1. The van der Waals surface area contributed by atoms with Gasteiger partial charge in [-0.2, -0.15) is 0 Å². The quantitative estimate of drug-likeness (QED) is 0.426. The van der Waals surface area contributed by atoms with Crippen molar-refractivity contribution in [2.45, 2.75) is 18.7 Å². The Hall–Kier alpha value is -1.99. The molecule has 0 aliphatic carbocycles. The molecule has 0 heterocycles. The maximum absolute atomic E-state index is 6.06. The maximum atomic E-state index is 6.06. The highest BCUT2D eigenvalue weighted by molar-refractivity contribution is 6.18. The summed E-state index contributed by atoms with van der Waals surface area (Å²) in [6, 6.07) is 22.9. The molecule has 0 saturated heterocycles. The van der Waals surface area contributed by atoms with Crippen molar-refractivity contribution in [1.82, 2.24) is 0 Å². The van der Waals surface area contributed by atoms with E-state index in [9.17, 15) is 0 Å². The molecular weight excluding hydrogens is 292 g/mol. The first-order valence-electron chi connectivity index (χ1n) is 7.61. The number of fused-ring (bicyclic) bond motifs is 1. The van der Waals surface area contributed by atoms with Gasteiger partial charge in [0.15, 0.2) is 0 Å². The molecule has 0 atom stereocenters. The summed E-state index contributed by atoms with van der Waals surface area (Å²) < 4.78 is 5.92. The van der Waals surface area contributed by atoms with Crippen LogP contribution in [0.15, 0.2) is 66.7 Å². The van der Waals surface area contributed by atoms with E-state index in [2.05, 4.69) is 48.5 Å². The third kappa shape index (κ3) is 3.61. The lowest BCUT2D eigenvalue weighted by molar-refractivity contribution is 0.311. The fourth-order valence-electron chi connectivity index (χ4n) is 2.66. The molecule has 3 aromatic rings. The minimum absolute atomic E-state index is 0.502. The van der Waals surface area contributed by atoms with Crippen molar-refractivity contribution in [1.29, 1.82) is 0 Å². The minimum Gasteiger partial charge on any atom is -0.494 e. The highest BCUT2D eigenvalue weighted by Crippen LogP contribution is 2.26. The number of alkyl halides is 1. The normalized spacial score (nSPS) is 10.8. The molecule has 0 fully saturated rings. The fourth-order valence-corrected chi connectivity index (χ4v) is 2.89. The third-order valence-electron chi connectivity index (χ3n) is 3.79. The summed E-state index contributed by atoms with van der Waals surface area (Å²) in [6.07, 6.45) is 2.05. The topological polar surface area (TPSA) is 9.23 Å². The van der Waals surface area contributed by atoms with Gasteiger partial charge < -0.3 is 4.74 Å². The Bertz CT molecular complexity index is 737. The first-order valence-corrected chi connectivity index (χ1v) is 8.14. The molecule has 0 N–H and O–H groups in total. The van der Waals surface area contributed by atoms with Crippen LogP contribution >= 0.6 is 11.6 Å². The molecule has 0 spiro atoms. The van der Waals surface area contributed by atoms with E-state index in [1.54, 1.807) is 0 Å². The van der Waals surface area contributed by atoms with Gasteiger partial charge in [-0.25, -0.2) is 0 Å². The van der Waals surface area contributed by atoms with Crippen molar-refractivity contribution in [2.24, 2.45) is 0 Å². The molecule has 22 heavy (non-hydrogen) atoms. The van der Waals surface area contributed by atoms with Crippen LogP contribution in [0.25, 0.3) is 10.8 Å². The minimum atomic E-state index is 0.502. The maximum Gasteiger partial charge on any atom is 0.120 e. The smallest absolute Gasteiger partial charge is 0.120 e. The van der Waals surface area contributed by atoms with Gasteiger partial charge in [0.25, 0.3) is 0 Å². The van der Waals surface area contributed by atoms with Crippen LogP contribution in [0.2, 0.25) is 0 Å². The lowest BCUT2D eigenvalue weighted by Gasteiger charge is -2.10. The van der Waals surface area contributed by atoms with E-state index in [0.29, 0.717) is 5.88 Å². The number of hydrogen-bond donors (Lipinski definition) is 0. The van der Waals surface area contributed by atoms with E-state index in [4.69, 9.17) is 16.3 Å². The fraction of sp³-hybridized carbons (Fsp3) is 0.200. The number of aryl methyl sites for hydroxylation is 1. The Morgan fingerprint density at radius 3 is 2.45 bits per heavy atom. The van der Waals surface area contributed by atoms with Gasteiger partial charge in [-0.3, -0.25) is 0 Å². The molecule has 0 radical (unpaired) electrons. The van der Waals surface area contributed by atoms with Crippen LogP contribution in [0.4, 0.5) is 0 Å². The van der Waals surface area contributed by atoms with E-state index < -0.39 is 0 Å². The van der Waals surface area contributed by atoms with Crippen molar-refractivity contribution >= 4 is 22.4 Å². The number of ether oxygens (including phenoxy) is 1. The van der Waals surface area contributed by atoms with E-state index in [1.807, 2.05) is 18.2 Å². The molecule has 0 amide bonds. The van der Waals surface area contributed by atoms with Crippen molar-refractivity contribution in [3.05, 3.63) is 77.9 Å². The van der Waals surface area contributed by atoms with Gasteiger partial charge in [0, 0.05) is 5.88 Å². The average molecular weight is 311 g/mol. The second-order valence-corrected chi connectivity index (χ2v) is 5.64. The van der Waals surface area contributed by atoms with Gasteiger partial charge in [0.05, 0.1) is 6.61 Å². The highest BCUT2D eigenvalue weighted by atomic mass is 35.5. The number of benzene rings is 3. The second-order valence-electron chi connectivity index (χ2n) is 5.37. The predicted octanol–water partition coefficient (Wildman–Crippen LogP) is 5.59. The van der Waals surface area contributed by atoms with Crippen LogP contribution in [0.3, 0.4) is 0 Å². The van der Waals surface area contributed by atoms with E-state index in [0.717, 1.165) is 30.8 Å². The predicted molar refractivity (Wildman–Crippen MR) is 93.8 cm³/mol. The van der Waals surface area contributed by atoms with Gasteiger partial charge in [-0.05, 0) is 46.9 Å². The number of halogens is 1. The van der Waals surface area contributed by atoms with Gasteiger partial charge in [-0.1, -0.05) is 54.6 Å². The van der Waals surface area contributed by atoms with Crippen molar-refractivity contribution < 1.29 is 4.74 Å². The van der Waals surface area contributed by atoms with Crippen LogP contribution in [0.1, 0.15) is 17.5 Å². The van der Waals surface area contributed by atoms with Gasteiger partial charge in [0.1, 0.15) is 5.75 Å². The van der Waals surface area contributed by atoms with Crippen LogP contribution in [0, 0.1) is 0 Å². The van der Waals surface area contributed by atoms with Crippen LogP contribution in [-0.2, 0) is 12.3 Å². The Kier molecular flexibility index (Phi) is 4.97. The van der Waals surface area contributed by atoms with Crippen LogP contribution in [0.5, 0.6) is 5.75 Å². The Morgan fingerprint density at radius 2 is 1.64 bits per heavy atom. The highest BCUT2D eigenvalue weighted by Gasteiger charge is 2.04. The monoisotopic (exact) mass is 310 g/mol. The summed E-state index contributed by atoms with van der Waals surface area (Å²) in [4.78, 5) is 0.